The van der Waals surface area contributed by atoms with E-state index < -0.39 is 12.1 Å². The third kappa shape index (κ3) is 3.02. The number of amides is 1. The van der Waals surface area contributed by atoms with Gasteiger partial charge in [-0.05, 0) is 6.92 Å². The van der Waals surface area contributed by atoms with Crippen LogP contribution in [0.15, 0.2) is 0 Å². The molecule has 0 aromatic heterocycles. The van der Waals surface area contributed by atoms with E-state index in [2.05, 4.69) is 5.32 Å². The van der Waals surface area contributed by atoms with Crippen molar-refractivity contribution in [1.29, 1.82) is 0 Å². The molecule has 1 atom stereocenters. The van der Waals surface area contributed by atoms with E-state index in [4.69, 9.17) is 9.47 Å². The first-order chi connectivity index (χ1) is 6.24. The molecule has 1 N–H and O–H groups in total. The molecule has 0 bridgehead atoms. The second kappa shape index (κ2) is 4.81. The minimum atomic E-state index is -0.647. The van der Waals surface area contributed by atoms with Gasteiger partial charge in [-0.15, -0.1) is 0 Å². The Labute approximate surface area is 76.4 Å². The molecule has 0 spiro atoms. The average Bonchev–Trinajstić information content (AvgIpc) is 2.30. The molecule has 0 radical (unpaired) electrons. The molecule has 1 rings (SSSR count). The van der Waals surface area contributed by atoms with Gasteiger partial charge in [0.15, 0.2) is 6.10 Å². The highest BCUT2D eigenvalue weighted by molar-refractivity contribution is 5.79. The van der Waals surface area contributed by atoms with E-state index in [0.29, 0.717) is 13.0 Å². The molecular formula is C8H13NO4. The smallest absolute Gasteiger partial charge is 0.337 e. The van der Waals surface area contributed by atoms with Gasteiger partial charge in [0.25, 0.3) is 0 Å². The molecule has 1 amide bonds. The molecule has 0 aromatic rings. The van der Waals surface area contributed by atoms with Gasteiger partial charge in [-0.1, -0.05) is 0 Å². The Morgan fingerprint density at radius 2 is 2.54 bits per heavy atom. The summed E-state index contributed by atoms with van der Waals surface area (Å²) in [5.41, 5.74) is 0. The van der Waals surface area contributed by atoms with Gasteiger partial charge in [0, 0.05) is 6.42 Å². The molecule has 1 aliphatic rings. The topological polar surface area (TPSA) is 64.6 Å². The Bertz CT molecular complexity index is 204. The number of ether oxygens (including phenoxy) is 2. The van der Waals surface area contributed by atoms with Crippen molar-refractivity contribution in [2.45, 2.75) is 19.4 Å². The van der Waals surface area contributed by atoms with E-state index in [1.165, 1.54) is 0 Å². The maximum Gasteiger partial charge on any atom is 0.337 e. The first-order valence-electron chi connectivity index (χ1n) is 4.29. The average molecular weight is 187 g/mol. The van der Waals surface area contributed by atoms with Gasteiger partial charge in [-0.25, -0.2) is 4.79 Å². The Balaban J connectivity index is 2.41. The summed E-state index contributed by atoms with van der Waals surface area (Å²) in [5.74, 6) is -0.503. The summed E-state index contributed by atoms with van der Waals surface area (Å²) in [5, 5.41) is 2.57. The molecule has 1 heterocycles. The van der Waals surface area contributed by atoms with Crippen LogP contribution in [0.5, 0.6) is 0 Å². The number of nitrogens with one attached hydrogen (secondary N) is 1. The predicted octanol–water partition coefficient (Wildman–Crippen LogP) is -0.545. The van der Waals surface area contributed by atoms with E-state index in [1.54, 1.807) is 6.92 Å². The fourth-order valence-corrected chi connectivity index (χ4v) is 1.03. The number of carbonyl (C=O) groups is 2. The van der Waals surface area contributed by atoms with Gasteiger partial charge in [0.2, 0.25) is 5.91 Å². The van der Waals surface area contributed by atoms with Crippen molar-refractivity contribution in [2.75, 3.05) is 19.8 Å². The zero-order valence-electron chi connectivity index (χ0n) is 7.54. The third-order valence-electron chi connectivity index (χ3n) is 1.68. The van der Waals surface area contributed by atoms with Crippen LogP contribution < -0.4 is 5.32 Å². The van der Waals surface area contributed by atoms with Crippen LogP contribution in [0.1, 0.15) is 13.3 Å². The second-order valence-corrected chi connectivity index (χ2v) is 2.67. The molecule has 13 heavy (non-hydrogen) atoms. The highest BCUT2D eigenvalue weighted by Gasteiger charge is 2.23. The molecule has 5 nitrogen and oxygen atoms in total. The van der Waals surface area contributed by atoms with Gasteiger partial charge < -0.3 is 14.8 Å². The Morgan fingerprint density at radius 1 is 1.77 bits per heavy atom. The third-order valence-corrected chi connectivity index (χ3v) is 1.68. The van der Waals surface area contributed by atoms with E-state index in [0.717, 1.165) is 0 Å². The van der Waals surface area contributed by atoms with E-state index >= 15 is 0 Å². The number of hydrogen-bond acceptors (Lipinski definition) is 4. The van der Waals surface area contributed by atoms with Crippen molar-refractivity contribution in [3.63, 3.8) is 0 Å². The quantitative estimate of drug-likeness (QED) is 0.589. The molecule has 0 aromatic carbocycles. The normalized spacial score (nSPS) is 23.2. The summed E-state index contributed by atoms with van der Waals surface area (Å²) < 4.78 is 9.89. The van der Waals surface area contributed by atoms with Crippen molar-refractivity contribution >= 4 is 11.9 Å². The molecule has 1 saturated heterocycles. The van der Waals surface area contributed by atoms with E-state index in [1.807, 2.05) is 0 Å². The van der Waals surface area contributed by atoms with Gasteiger partial charge in [-0.3, -0.25) is 4.79 Å². The lowest BCUT2D eigenvalue weighted by Gasteiger charge is -2.12. The lowest BCUT2D eigenvalue weighted by atomic mass is 10.3. The van der Waals surface area contributed by atoms with Crippen LogP contribution in [-0.4, -0.2) is 37.7 Å². The highest BCUT2D eigenvalue weighted by atomic mass is 16.6. The number of carbonyl (C=O) groups excluding carboxylic acids is 2. The summed E-state index contributed by atoms with van der Waals surface area (Å²) in [6, 6.07) is 0. The van der Waals surface area contributed by atoms with Gasteiger partial charge in [0.05, 0.1) is 19.8 Å². The van der Waals surface area contributed by atoms with Gasteiger partial charge in [0.1, 0.15) is 0 Å². The van der Waals surface area contributed by atoms with Crippen molar-refractivity contribution in [1.82, 2.24) is 5.32 Å². The largest absolute Gasteiger partial charge is 0.464 e. The monoisotopic (exact) mass is 187 g/mol. The second-order valence-electron chi connectivity index (χ2n) is 2.67. The molecular weight excluding hydrogens is 174 g/mol. The van der Waals surface area contributed by atoms with E-state index in [-0.39, 0.29) is 19.1 Å². The van der Waals surface area contributed by atoms with Gasteiger partial charge in [-0.2, -0.15) is 0 Å². The summed E-state index contributed by atoms with van der Waals surface area (Å²) in [4.78, 5) is 22.0. The first-order valence-corrected chi connectivity index (χ1v) is 4.29. The minimum Gasteiger partial charge on any atom is -0.464 e. The van der Waals surface area contributed by atoms with Crippen LogP contribution in [0.25, 0.3) is 0 Å². The van der Waals surface area contributed by atoms with Crippen LogP contribution in [0.2, 0.25) is 0 Å². The summed E-state index contributed by atoms with van der Waals surface area (Å²) in [6.45, 7) is 2.53. The minimum absolute atomic E-state index is 0.0909. The van der Waals surface area contributed by atoms with Gasteiger partial charge >= 0.3 is 5.97 Å². The van der Waals surface area contributed by atoms with Crippen LogP contribution in [0, 0.1) is 0 Å². The fraction of sp³-hybridized carbons (Fsp3) is 0.750. The number of esters is 1. The first kappa shape index (κ1) is 9.98. The molecule has 74 valence electrons. The molecule has 1 unspecified atom stereocenters. The Kier molecular flexibility index (Phi) is 3.70. The zero-order valence-corrected chi connectivity index (χ0v) is 7.54. The fourth-order valence-electron chi connectivity index (χ4n) is 1.03. The number of hydrogen-bond donors (Lipinski definition) is 1. The molecule has 0 aliphatic carbocycles. The highest BCUT2D eigenvalue weighted by Crippen LogP contribution is 2.00. The predicted molar refractivity (Wildman–Crippen MR) is 44.0 cm³/mol. The lowest BCUT2D eigenvalue weighted by molar-refractivity contribution is -0.155. The van der Waals surface area contributed by atoms with Crippen molar-refractivity contribution < 1.29 is 19.1 Å². The standard InChI is InChI=1S/C8H13NO4/c1-2-12-8(11)6-5-9-7(10)3-4-13-6/h6H,2-5H2,1H3,(H,9,10). The molecule has 5 heteroatoms. The summed E-state index contributed by atoms with van der Waals surface area (Å²) in [7, 11) is 0. The summed E-state index contributed by atoms with van der Waals surface area (Å²) in [6.07, 6.45) is -0.345. The molecule has 1 aliphatic heterocycles. The van der Waals surface area contributed by atoms with Crippen molar-refractivity contribution in [3.8, 4) is 0 Å². The van der Waals surface area contributed by atoms with Crippen LogP contribution >= 0.6 is 0 Å². The number of rotatable bonds is 2. The zero-order chi connectivity index (χ0) is 9.68. The summed E-state index contributed by atoms with van der Waals surface area (Å²) >= 11 is 0. The Morgan fingerprint density at radius 3 is 3.23 bits per heavy atom. The SMILES string of the molecule is CCOC(=O)C1CNC(=O)CCO1. The Hall–Kier alpha value is -1.10. The maximum absolute atomic E-state index is 11.2. The lowest BCUT2D eigenvalue weighted by Crippen LogP contribution is -2.36. The van der Waals surface area contributed by atoms with Crippen LogP contribution in [-0.2, 0) is 19.1 Å². The molecule has 0 saturated carbocycles. The van der Waals surface area contributed by atoms with Crippen LogP contribution in [0.3, 0.4) is 0 Å². The van der Waals surface area contributed by atoms with E-state index in [9.17, 15) is 9.59 Å². The molecule has 1 fully saturated rings. The van der Waals surface area contributed by atoms with Crippen molar-refractivity contribution in [3.05, 3.63) is 0 Å². The maximum atomic E-state index is 11.2. The van der Waals surface area contributed by atoms with Crippen LogP contribution in [0.4, 0.5) is 0 Å². The van der Waals surface area contributed by atoms with Crippen molar-refractivity contribution in [2.24, 2.45) is 0 Å².